The van der Waals surface area contributed by atoms with Gasteiger partial charge in [-0.2, -0.15) is 0 Å². The lowest BCUT2D eigenvalue weighted by Gasteiger charge is -2.14. The summed E-state index contributed by atoms with van der Waals surface area (Å²) in [6.07, 6.45) is 1.24. The van der Waals surface area contributed by atoms with Gasteiger partial charge in [-0.3, -0.25) is 4.99 Å². The van der Waals surface area contributed by atoms with Crippen LogP contribution in [0, 0.1) is 19.8 Å². The molecule has 1 aliphatic rings. The lowest BCUT2D eigenvalue weighted by atomic mass is 10.1. The average Bonchev–Trinajstić information content (AvgIpc) is 3.11. The van der Waals surface area contributed by atoms with E-state index in [0.29, 0.717) is 12.6 Å². The summed E-state index contributed by atoms with van der Waals surface area (Å²) in [5.74, 6) is 2.62. The molecule has 2 rings (SSSR count). The molecule has 20 heavy (non-hydrogen) atoms. The zero-order chi connectivity index (χ0) is 14.5. The van der Waals surface area contributed by atoms with Crippen molar-refractivity contribution in [3.05, 3.63) is 29.3 Å². The van der Waals surface area contributed by atoms with Gasteiger partial charge in [0, 0.05) is 13.1 Å². The smallest absolute Gasteiger partial charge is 0.191 e. The van der Waals surface area contributed by atoms with Crippen LogP contribution in [0.25, 0.3) is 0 Å². The van der Waals surface area contributed by atoms with Crippen LogP contribution in [0.5, 0.6) is 5.75 Å². The monoisotopic (exact) mass is 275 g/mol. The van der Waals surface area contributed by atoms with E-state index in [9.17, 15) is 0 Å². The Bertz CT molecular complexity index is 464. The molecule has 0 aromatic heterocycles. The molecule has 2 atom stereocenters. The Balaban J connectivity index is 1.73. The van der Waals surface area contributed by atoms with E-state index in [4.69, 9.17) is 4.74 Å². The molecule has 1 saturated carbocycles. The molecule has 0 spiro atoms. The number of para-hydroxylation sites is 1. The molecule has 0 heterocycles. The number of hydrogen-bond acceptors (Lipinski definition) is 2. The fourth-order valence-electron chi connectivity index (χ4n) is 2.24. The molecular formula is C16H25N3O. The van der Waals surface area contributed by atoms with Crippen LogP contribution in [0.1, 0.15) is 24.5 Å². The predicted molar refractivity (Wildman–Crippen MR) is 83.5 cm³/mol. The van der Waals surface area contributed by atoms with Crippen LogP contribution in [0.2, 0.25) is 0 Å². The van der Waals surface area contributed by atoms with Gasteiger partial charge in [-0.1, -0.05) is 25.1 Å². The molecule has 4 heteroatoms. The van der Waals surface area contributed by atoms with Crippen molar-refractivity contribution >= 4 is 5.96 Å². The first kappa shape index (κ1) is 14.7. The maximum atomic E-state index is 5.86. The predicted octanol–water partition coefficient (Wildman–Crippen LogP) is 2.26. The molecule has 0 amide bonds. The highest BCUT2D eigenvalue weighted by Gasteiger charge is 2.33. The number of aliphatic imine (C=N–C) groups is 1. The van der Waals surface area contributed by atoms with Crippen LogP contribution in [-0.2, 0) is 0 Å². The Morgan fingerprint density at radius 2 is 2.00 bits per heavy atom. The lowest BCUT2D eigenvalue weighted by molar-refractivity contribution is 0.317. The molecule has 2 unspecified atom stereocenters. The highest BCUT2D eigenvalue weighted by Crippen LogP contribution is 2.28. The topological polar surface area (TPSA) is 45.7 Å². The quantitative estimate of drug-likeness (QED) is 0.492. The molecular weight excluding hydrogens is 250 g/mol. The van der Waals surface area contributed by atoms with Crippen molar-refractivity contribution in [2.24, 2.45) is 10.9 Å². The van der Waals surface area contributed by atoms with E-state index < -0.39 is 0 Å². The first-order chi connectivity index (χ1) is 9.61. The van der Waals surface area contributed by atoms with Gasteiger partial charge < -0.3 is 15.4 Å². The lowest BCUT2D eigenvalue weighted by Crippen LogP contribution is -2.40. The van der Waals surface area contributed by atoms with Gasteiger partial charge in [0.2, 0.25) is 0 Å². The van der Waals surface area contributed by atoms with Crippen LogP contribution in [0.3, 0.4) is 0 Å². The number of hydrogen-bond donors (Lipinski definition) is 2. The van der Waals surface area contributed by atoms with Crippen LogP contribution in [-0.4, -0.2) is 32.2 Å². The summed E-state index contributed by atoms with van der Waals surface area (Å²) in [5, 5.41) is 6.68. The van der Waals surface area contributed by atoms with Gasteiger partial charge >= 0.3 is 0 Å². The first-order valence-corrected chi connectivity index (χ1v) is 7.28. The van der Waals surface area contributed by atoms with E-state index in [2.05, 4.69) is 54.6 Å². The van der Waals surface area contributed by atoms with Crippen molar-refractivity contribution in [3.8, 4) is 5.75 Å². The minimum absolute atomic E-state index is 0.584. The second-order valence-corrected chi connectivity index (χ2v) is 5.53. The summed E-state index contributed by atoms with van der Waals surface area (Å²) in [7, 11) is 1.80. The molecule has 1 fully saturated rings. The molecule has 110 valence electrons. The van der Waals surface area contributed by atoms with Crippen molar-refractivity contribution in [3.63, 3.8) is 0 Å². The average molecular weight is 275 g/mol. The summed E-state index contributed by atoms with van der Waals surface area (Å²) in [5.41, 5.74) is 2.36. The van der Waals surface area contributed by atoms with E-state index in [1.807, 2.05) is 0 Å². The van der Waals surface area contributed by atoms with E-state index in [-0.39, 0.29) is 0 Å². The normalized spacial score (nSPS) is 21.5. The molecule has 1 aromatic carbocycles. The van der Waals surface area contributed by atoms with Gasteiger partial charge in [0.15, 0.2) is 5.96 Å². The Hall–Kier alpha value is -1.71. The van der Waals surface area contributed by atoms with Crippen molar-refractivity contribution in [1.82, 2.24) is 10.6 Å². The highest BCUT2D eigenvalue weighted by molar-refractivity contribution is 5.80. The van der Waals surface area contributed by atoms with Gasteiger partial charge in [-0.15, -0.1) is 0 Å². The second-order valence-electron chi connectivity index (χ2n) is 5.53. The number of nitrogens with zero attached hydrogens (tertiary/aromatic N) is 1. The van der Waals surface area contributed by atoms with Crippen molar-refractivity contribution in [2.45, 2.75) is 33.2 Å². The maximum absolute atomic E-state index is 5.86. The summed E-state index contributed by atoms with van der Waals surface area (Å²) >= 11 is 0. The summed E-state index contributed by atoms with van der Waals surface area (Å²) in [6, 6.07) is 6.79. The molecule has 4 nitrogen and oxygen atoms in total. The third-order valence-corrected chi connectivity index (χ3v) is 3.70. The number of ether oxygens (including phenoxy) is 1. The van der Waals surface area contributed by atoms with E-state index in [1.54, 1.807) is 7.05 Å². The zero-order valence-corrected chi connectivity index (χ0v) is 12.9. The number of guanidine groups is 1. The SMILES string of the molecule is CN=C(NCCOc1c(C)cccc1C)NC1CC1C. The maximum Gasteiger partial charge on any atom is 0.191 e. The fraction of sp³-hybridized carbons (Fsp3) is 0.562. The van der Waals surface area contributed by atoms with E-state index in [1.165, 1.54) is 17.5 Å². The summed E-state index contributed by atoms with van der Waals surface area (Å²) in [6.45, 7) is 7.77. The van der Waals surface area contributed by atoms with Crippen molar-refractivity contribution in [1.29, 1.82) is 0 Å². The molecule has 0 aliphatic heterocycles. The van der Waals surface area contributed by atoms with Crippen LogP contribution in [0.15, 0.2) is 23.2 Å². The van der Waals surface area contributed by atoms with Crippen LogP contribution >= 0.6 is 0 Å². The second kappa shape index (κ2) is 6.64. The number of nitrogens with one attached hydrogen (secondary N) is 2. The number of benzene rings is 1. The minimum Gasteiger partial charge on any atom is -0.491 e. The zero-order valence-electron chi connectivity index (χ0n) is 12.9. The van der Waals surface area contributed by atoms with Gasteiger partial charge in [-0.05, 0) is 37.3 Å². The molecule has 0 saturated heterocycles. The Kier molecular flexibility index (Phi) is 4.88. The van der Waals surface area contributed by atoms with Crippen molar-refractivity contribution < 1.29 is 4.74 Å². The van der Waals surface area contributed by atoms with Gasteiger partial charge in [0.05, 0.1) is 6.54 Å². The van der Waals surface area contributed by atoms with E-state index in [0.717, 1.165) is 24.2 Å². The third-order valence-electron chi connectivity index (χ3n) is 3.70. The minimum atomic E-state index is 0.584. The van der Waals surface area contributed by atoms with Crippen LogP contribution in [0.4, 0.5) is 0 Å². The largest absolute Gasteiger partial charge is 0.491 e. The fourth-order valence-corrected chi connectivity index (χ4v) is 2.24. The summed E-state index contributed by atoms with van der Waals surface area (Å²) < 4.78 is 5.86. The van der Waals surface area contributed by atoms with Gasteiger partial charge in [0.1, 0.15) is 12.4 Å². The highest BCUT2D eigenvalue weighted by atomic mass is 16.5. The standard InChI is InChI=1S/C16H25N3O/c1-11-6-5-7-12(2)15(11)20-9-8-18-16(17-4)19-14-10-13(14)3/h5-7,13-14H,8-10H2,1-4H3,(H2,17,18,19). The number of rotatable bonds is 5. The van der Waals surface area contributed by atoms with Crippen LogP contribution < -0.4 is 15.4 Å². The molecule has 0 radical (unpaired) electrons. The Morgan fingerprint density at radius 1 is 1.35 bits per heavy atom. The first-order valence-electron chi connectivity index (χ1n) is 7.28. The molecule has 0 bridgehead atoms. The molecule has 1 aromatic rings. The summed E-state index contributed by atoms with van der Waals surface area (Å²) in [4.78, 5) is 4.22. The van der Waals surface area contributed by atoms with Gasteiger partial charge in [-0.25, -0.2) is 0 Å². The van der Waals surface area contributed by atoms with E-state index >= 15 is 0 Å². The van der Waals surface area contributed by atoms with Gasteiger partial charge in [0.25, 0.3) is 0 Å². The Labute approximate surface area is 121 Å². The molecule has 1 aliphatic carbocycles. The number of aryl methyl sites for hydroxylation is 2. The third kappa shape index (κ3) is 3.89. The molecule has 2 N–H and O–H groups in total. The Morgan fingerprint density at radius 3 is 2.55 bits per heavy atom. The van der Waals surface area contributed by atoms with Crippen molar-refractivity contribution in [2.75, 3.05) is 20.2 Å².